The summed E-state index contributed by atoms with van der Waals surface area (Å²) in [5, 5.41) is 1.74. The molecule has 1 rings (SSSR count). The SMILES string of the molecule is C[C@@H](Oc1ccc(F)c(Cl)c1)C(=O)NC(N)=O. The van der Waals surface area contributed by atoms with Gasteiger partial charge in [-0.15, -0.1) is 0 Å². The maximum Gasteiger partial charge on any atom is 0.318 e. The van der Waals surface area contributed by atoms with Crippen LogP contribution in [0.4, 0.5) is 9.18 Å². The molecule has 1 aromatic rings. The standard InChI is InChI=1S/C10H10ClFN2O3/c1-5(9(15)14-10(13)16)17-6-2-3-8(12)7(11)4-6/h2-5H,1H3,(H3,13,14,15,16)/t5-/m1/s1. The second-order valence-electron chi connectivity index (χ2n) is 3.19. The van der Waals surface area contributed by atoms with Gasteiger partial charge in [0.25, 0.3) is 5.91 Å². The number of primary amides is 1. The van der Waals surface area contributed by atoms with Gasteiger partial charge in [0.15, 0.2) is 6.10 Å². The fourth-order valence-electron chi connectivity index (χ4n) is 1.03. The fraction of sp³-hybridized carbons (Fsp3) is 0.200. The van der Waals surface area contributed by atoms with Gasteiger partial charge in [0, 0.05) is 6.07 Å². The predicted molar refractivity (Wildman–Crippen MR) is 59.2 cm³/mol. The van der Waals surface area contributed by atoms with Gasteiger partial charge in [-0.25, -0.2) is 9.18 Å². The monoisotopic (exact) mass is 260 g/mol. The number of carbonyl (C=O) groups is 2. The maximum atomic E-state index is 12.8. The zero-order chi connectivity index (χ0) is 13.0. The van der Waals surface area contributed by atoms with Crippen LogP contribution in [0.25, 0.3) is 0 Å². The van der Waals surface area contributed by atoms with Crippen molar-refractivity contribution in [2.24, 2.45) is 5.73 Å². The molecule has 0 saturated carbocycles. The summed E-state index contributed by atoms with van der Waals surface area (Å²) < 4.78 is 18.0. The van der Waals surface area contributed by atoms with Crippen molar-refractivity contribution in [1.82, 2.24) is 5.32 Å². The molecule has 0 spiro atoms. The first kappa shape index (κ1) is 13.2. The summed E-state index contributed by atoms with van der Waals surface area (Å²) in [5.74, 6) is -1.07. The number of hydrogen-bond acceptors (Lipinski definition) is 3. The molecule has 0 aliphatic heterocycles. The first-order chi connectivity index (χ1) is 7.90. The molecule has 0 radical (unpaired) electrons. The third-order valence-electron chi connectivity index (χ3n) is 1.82. The van der Waals surface area contributed by atoms with Crippen molar-refractivity contribution >= 4 is 23.5 Å². The Balaban J connectivity index is 2.67. The molecule has 7 heteroatoms. The zero-order valence-electron chi connectivity index (χ0n) is 8.87. The first-order valence-corrected chi connectivity index (χ1v) is 5.00. The van der Waals surface area contributed by atoms with Crippen molar-refractivity contribution in [2.45, 2.75) is 13.0 Å². The number of carbonyl (C=O) groups excluding carboxylic acids is 2. The van der Waals surface area contributed by atoms with Gasteiger partial charge in [-0.3, -0.25) is 10.1 Å². The van der Waals surface area contributed by atoms with Gasteiger partial charge in [0.2, 0.25) is 0 Å². The van der Waals surface area contributed by atoms with Crippen LogP contribution in [0, 0.1) is 5.82 Å². The number of amides is 3. The van der Waals surface area contributed by atoms with E-state index in [0.717, 1.165) is 6.07 Å². The molecule has 5 nitrogen and oxygen atoms in total. The molecule has 1 aromatic carbocycles. The lowest BCUT2D eigenvalue weighted by molar-refractivity contribution is -0.126. The Bertz CT molecular complexity index is 453. The lowest BCUT2D eigenvalue weighted by Crippen LogP contribution is -2.42. The number of nitrogens with two attached hydrogens (primary N) is 1. The molecular formula is C10H10ClFN2O3. The molecule has 92 valence electrons. The summed E-state index contributed by atoms with van der Waals surface area (Å²) in [5.41, 5.74) is 4.77. The van der Waals surface area contributed by atoms with Gasteiger partial charge < -0.3 is 10.5 Å². The topological polar surface area (TPSA) is 81.4 Å². The number of urea groups is 1. The summed E-state index contributed by atoms with van der Waals surface area (Å²) >= 11 is 5.53. The Labute approximate surface area is 102 Å². The first-order valence-electron chi connectivity index (χ1n) is 4.62. The van der Waals surface area contributed by atoms with Crippen LogP contribution < -0.4 is 15.8 Å². The summed E-state index contributed by atoms with van der Waals surface area (Å²) in [4.78, 5) is 21.7. The van der Waals surface area contributed by atoms with Crippen molar-refractivity contribution < 1.29 is 18.7 Å². The van der Waals surface area contributed by atoms with Crippen molar-refractivity contribution in [2.75, 3.05) is 0 Å². The van der Waals surface area contributed by atoms with Crippen LogP contribution in [0.2, 0.25) is 5.02 Å². The van der Waals surface area contributed by atoms with E-state index in [2.05, 4.69) is 0 Å². The van der Waals surface area contributed by atoms with Crippen LogP contribution in [0.1, 0.15) is 6.92 Å². The molecule has 1 atom stereocenters. The van der Waals surface area contributed by atoms with Crippen LogP contribution >= 0.6 is 11.6 Å². The van der Waals surface area contributed by atoms with Gasteiger partial charge in [0.05, 0.1) is 5.02 Å². The van der Waals surface area contributed by atoms with Gasteiger partial charge in [-0.2, -0.15) is 0 Å². The average molecular weight is 261 g/mol. The van der Waals surface area contributed by atoms with Crippen LogP contribution in [0.5, 0.6) is 5.75 Å². The molecular weight excluding hydrogens is 251 g/mol. The van der Waals surface area contributed by atoms with E-state index in [1.54, 1.807) is 0 Å². The van der Waals surface area contributed by atoms with E-state index in [0.29, 0.717) is 0 Å². The largest absolute Gasteiger partial charge is 0.481 e. The summed E-state index contributed by atoms with van der Waals surface area (Å²) in [7, 11) is 0. The molecule has 17 heavy (non-hydrogen) atoms. The number of hydrogen-bond donors (Lipinski definition) is 2. The van der Waals surface area contributed by atoms with E-state index in [-0.39, 0.29) is 10.8 Å². The van der Waals surface area contributed by atoms with Crippen LogP contribution in [-0.4, -0.2) is 18.0 Å². The number of rotatable bonds is 3. The predicted octanol–water partition coefficient (Wildman–Crippen LogP) is 1.44. The molecule has 3 amide bonds. The van der Waals surface area contributed by atoms with Crippen LogP contribution in [-0.2, 0) is 4.79 Å². The minimum absolute atomic E-state index is 0.120. The molecule has 0 aliphatic rings. The van der Waals surface area contributed by atoms with Crippen LogP contribution in [0.3, 0.4) is 0 Å². The molecule has 0 bridgehead atoms. The maximum absolute atomic E-state index is 12.8. The quantitative estimate of drug-likeness (QED) is 0.863. The highest BCUT2D eigenvalue weighted by Gasteiger charge is 2.16. The van der Waals surface area contributed by atoms with E-state index in [4.69, 9.17) is 22.1 Å². The Morgan fingerprint density at radius 1 is 1.53 bits per heavy atom. The molecule has 0 aliphatic carbocycles. The number of nitrogens with one attached hydrogen (secondary N) is 1. The van der Waals surface area contributed by atoms with Gasteiger partial charge >= 0.3 is 6.03 Å². The summed E-state index contributed by atoms with van der Waals surface area (Å²) in [6, 6.07) is 2.68. The number of ether oxygens (including phenoxy) is 1. The van der Waals surface area contributed by atoms with Gasteiger partial charge in [-0.05, 0) is 19.1 Å². The number of halogens is 2. The van der Waals surface area contributed by atoms with Gasteiger partial charge in [-0.1, -0.05) is 11.6 Å². The lowest BCUT2D eigenvalue weighted by atomic mass is 10.3. The minimum atomic E-state index is -0.970. The van der Waals surface area contributed by atoms with Crippen molar-refractivity contribution in [3.8, 4) is 5.75 Å². The smallest absolute Gasteiger partial charge is 0.318 e. The summed E-state index contributed by atoms with van der Waals surface area (Å²) in [6.45, 7) is 1.41. The molecule has 0 unspecified atom stereocenters. The van der Waals surface area contributed by atoms with Gasteiger partial charge in [0.1, 0.15) is 11.6 Å². The fourth-order valence-corrected chi connectivity index (χ4v) is 1.20. The molecule has 3 N–H and O–H groups in total. The van der Waals surface area contributed by atoms with Crippen molar-refractivity contribution in [3.63, 3.8) is 0 Å². The number of benzene rings is 1. The Hall–Kier alpha value is -1.82. The highest BCUT2D eigenvalue weighted by atomic mass is 35.5. The lowest BCUT2D eigenvalue weighted by Gasteiger charge is -2.13. The van der Waals surface area contributed by atoms with E-state index in [1.165, 1.54) is 19.1 Å². The molecule has 0 heterocycles. The highest BCUT2D eigenvalue weighted by Crippen LogP contribution is 2.21. The molecule has 0 fully saturated rings. The van der Waals surface area contributed by atoms with Crippen LogP contribution in [0.15, 0.2) is 18.2 Å². The third-order valence-corrected chi connectivity index (χ3v) is 2.11. The van der Waals surface area contributed by atoms with E-state index < -0.39 is 23.9 Å². The Kier molecular flexibility index (Phi) is 4.28. The molecule has 0 aromatic heterocycles. The van der Waals surface area contributed by atoms with E-state index in [9.17, 15) is 14.0 Å². The third kappa shape index (κ3) is 3.92. The second-order valence-corrected chi connectivity index (χ2v) is 3.60. The number of imide groups is 1. The average Bonchev–Trinajstić information content (AvgIpc) is 2.22. The minimum Gasteiger partial charge on any atom is -0.481 e. The normalized spacial score (nSPS) is 11.7. The Morgan fingerprint density at radius 3 is 2.71 bits per heavy atom. The zero-order valence-corrected chi connectivity index (χ0v) is 9.62. The summed E-state index contributed by atoms with van der Waals surface area (Å²) in [6.07, 6.45) is -0.955. The molecule has 0 saturated heterocycles. The van der Waals surface area contributed by atoms with E-state index >= 15 is 0 Å². The van der Waals surface area contributed by atoms with Crippen molar-refractivity contribution in [3.05, 3.63) is 29.0 Å². The highest BCUT2D eigenvalue weighted by molar-refractivity contribution is 6.30. The van der Waals surface area contributed by atoms with Crippen molar-refractivity contribution in [1.29, 1.82) is 0 Å². The Morgan fingerprint density at radius 2 is 2.18 bits per heavy atom. The van der Waals surface area contributed by atoms with E-state index in [1.807, 2.05) is 5.32 Å². The second kappa shape index (κ2) is 5.49.